The Morgan fingerprint density at radius 1 is 0.800 bits per heavy atom. The van der Waals surface area contributed by atoms with Crippen LogP contribution in [-0.2, 0) is 28.7 Å². The molecule has 4 unspecified atom stereocenters. The lowest BCUT2D eigenvalue weighted by Gasteiger charge is -2.35. The van der Waals surface area contributed by atoms with E-state index in [0.717, 1.165) is 19.3 Å². The molecule has 0 N–H and O–H groups in total. The minimum absolute atomic E-state index is 0.00303. The zero-order valence-corrected chi connectivity index (χ0v) is 19.3. The van der Waals surface area contributed by atoms with Gasteiger partial charge in [-0.25, -0.2) is 0 Å². The Kier molecular flexibility index (Phi) is 10.8. The topological polar surface area (TPSA) is 93.2 Å². The monoisotopic (exact) mass is 426 g/mol. The molecule has 1 saturated carbocycles. The van der Waals surface area contributed by atoms with Crippen LogP contribution in [-0.4, -0.2) is 74.0 Å². The van der Waals surface area contributed by atoms with Crippen LogP contribution in [0.15, 0.2) is 0 Å². The Morgan fingerprint density at radius 3 is 1.47 bits per heavy atom. The van der Waals surface area contributed by atoms with E-state index < -0.39 is 11.8 Å². The van der Waals surface area contributed by atoms with Crippen LogP contribution in [0.4, 0.5) is 0 Å². The fraction of sp³-hybridized carbons (Fsp3) is 0.818. The number of carbonyl (C=O) groups excluding carboxylic acids is 4. The Hall–Kier alpha value is -2.12. The molecule has 0 aromatic carbocycles. The molecule has 0 heterocycles. The van der Waals surface area contributed by atoms with Crippen molar-refractivity contribution in [2.45, 2.75) is 53.4 Å². The maximum atomic E-state index is 13.1. The van der Waals surface area contributed by atoms with Crippen molar-refractivity contribution in [2.24, 2.45) is 23.7 Å². The lowest BCUT2D eigenvalue weighted by molar-refractivity contribution is -0.147. The van der Waals surface area contributed by atoms with Crippen molar-refractivity contribution in [1.29, 1.82) is 0 Å². The third kappa shape index (κ3) is 6.99. The normalized spacial score (nSPS) is 20.6. The average molecular weight is 427 g/mol. The molecule has 0 bridgehead atoms. The number of carbonyl (C=O) groups is 4. The van der Waals surface area contributed by atoms with Crippen molar-refractivity contribution in [3.05, 3.63) is 0 Å². The van der Waals surface area contributed by atoms with E-state index in [9.17, 15) is 19.2 Å². The van der Waals surface area contributed by atoms with Gasteiger partial charge in [-0.15, -0.1) is 0 Å². The molecule has 0 aromatic rings. The molecule has 0 saturated heterocycles. The second kappa shape index (κ2) is 12.5. The highest BCUT2D eigenvalue weighted by Crippen LogP contribution is 2.32. The first kappa shape index (κ1) is 25.9. The maximum absolute atomic E-state index is 13.1. The van der Waals surface area contributed by atoms with Crippen LogP contribution in [0.25, 0.3) is 0 Å². The lowest BCUT2D eigenvalue weighted by atomic mass is 9.79. The second-order valence-electron chi connectivity index (χ2n) is 8.16. The second-order valence-corrected chi connectivity index (χ2v) is 8.16. The summed E-state index contributed by atoms with van der Waals surface area (Å²) < 4.78 is 9.53. The van der Waals surface area contributed by atoms with Crippen LogP contribution >= 0.6 is 0 Å². The third-order valence-corrected chi connectivity index (χ3v) is 5.96. The van der Waals surface area contributed by atoms with Gasteiger partial charge in [-0.1, -0.05) is 20.3 Å². The molecule has 1 fully saturated rings. The van der Waals surface area contributed by atoms with Crippen molar-refractivity contribution >= 4 is 23.8 Å². The molecule has 0 aromatic heterocycles. The van der Waals surface area contributed by atoms with Gasteiger partial charge >= 0.3 is 11.9 Å². The first-order valence-electron chi connectivity index (χ1n) is 10.9. The van der Waals surface area contributed by atoms with Gasteiger partial charge < -0.3 is 19.3 Å². The summed E-state index contributed by atoms with van der Waals surface area (Å²) in [6.07, 6.45) is 2.80. The van der Waals surface area contributed by atoms with Gasteiger partial charge in [0.15, 0.2) is 0 Å². The van der Waals surface area contributed by atoms with E-state index >= 15 is 0 Å². The van der Waals surface area contributed by atoms with E-state index in [1.54, 1.807) is 23.6 Å². The Bertz CT molecular complexity index is 558. The zero-order chi connectivity index (χ0) is 22.8. The molecule has 1 aliphatic carbocycles. The molecule has 172 valence electrons. The molecule has 0 spiro atoms. The van der Waals surface area contributed by atoms with Gasteiger partial charge in [-0.05, 0) is 33.1 Å². The van der Waals surface area contributed by atoms with Gasteiger partial charge in [0.05, 0.1) is 26.1 Å². The van der Waals surface area contributed by atoms with Crippen LogP contribution in [0.2, 0.25) is 0 Å². The molecular formula is C22H38N2O6. The van der Waals surface area contributed by atoms with Crippen molar-refractivity contribution < 1.29 is 28.7 Å². The summed E-state index contributed by atoms with van der Waals surface area (Å²) in [7, 11) is 2.68. The zero-order valence-electron chi connectivity index (χ0n) is 19.3. The molecule has 30 heavy (non-hydrogen) atoms. The summed E-state index contributed by atoms with van der Waals surface area (Å²) in [5.74, 6) is -1.92. The average Bonchev–Trinajstić information content (AvgIpc) is 2.78. The summed E-state index contributed by atoms with van der Waals surface area (Å²) in [6.45, 7) is 8.91. The number of ether oxygens (including phenoxy) is 2. The fourth-order valence-corrected chi connectivity index (χ4v) is 4.12. The summed E-state index contributed by atoms with van der Waals surface area (Å²) in [4.78, 5) is 53.0. The number of esters is 2. The predicted molar refractivity (Wildman–Crippen MR) is 112 cm³/mol. The highest BCUT2D eigenvalue weighted by Gasteiger charge is 2.36. The minimum Gasteiger partial charge on any atom is -0.469 e. The molecule has 1 rings (SSSR count). The molecule has 0 aliphatic heterocycles. The van der Waals surface area contributed by atoms with Gasteiger partial charge in [0.25, 0.3) is 0 Å². The maximum Gasteiger partial charge on any atom is 0.310 e. The van der Waals surface area contributed by atoms with Crippen LogP contribution in [0.1, 0.15) is 53.4 Å². The molecule has 0 radical (unpaired) electrons. The Labute approximate surface area is 180 Å². The van der Waals surface area contributed by atoms with E-state index in [1.165, 1.54) is 14.2 Å². The number of methoxy groups -OCH3 is 2. The summed E-state index contributed by atoms with van der Waals surface area (Å²) >= 11 is 0. The largest absolute Gasteiger partial charge is 0.469 e. The summed E-state index contributed by atoms with van der Waals surface area (Å²) in [6, 6.07) is 0. The number of hydrogen-bond donors (Lipinski definition) is 0. The Balaban J connectivity index is 2.78. The van der Waals surface area contributed by atoms with Gasteiger partial charge in [0.2, 0.25) is 11.8 Å². The number of rotatable bonds is 10. The van der Waals surface area contributed by atoms with Crippen molar-refractivity contribution in [3.63, 3.8) is 0 Å². The van der Waals surface area contributed by atoms with Crippen LogP contribution < -0.4 is 0 Å². The van der Waals surface area contributed by atoms with E-state index in [-0.39, 0.29) is 35.6 Å². The third-order valence-electron chi connectivity index (χ3n) is 5.96. The lowest BCUT2D eigenvalue weighted by Crippen LogP contribution is -2.45. The smallest absolute Gasteiger partial charge is 0.310 e. The first-order chi connectivity index (χ1) is 14.2. The van der Waals surface area contributed by atoms with Crippen LogP contribution in [0, 0.1) is 23.7 Å². The van der Waals surface area contributed by atoms with Crippen LogP contribution in [0.3, 0.4) is 0 Å². The number of hydrogen-bond acceptors (Lipinski definition) is 6. The van der Waals surface area contributed by atoms with Crippen molar-refractivity contribution in [2.75, 3.05) is 40.4 Å². The highest BCUT2D eigenvalue weighted by molar-refractivity contribution is 5.83. The van der Waals surface area contributed by atoms with Gasteiger partial charge in [0, 0.05) is 38.0 Å². The molecule has 2 amide bonds. The van der Waals surface area contributed by atoms with E-state index in [4.69, 9.17) is 9.47 Å². The SMILES string of the molecule is CCN(CC(C)C(=O)OC)C(=O)C1CCCC(C(=O)N(CC)CC(C)C(=O)OC)C1. The van der Waals surface area contributed by atoms with Gasteiger partial charge in [-0.3, -0.25) is 19.2 Å². The minimum atomic E-state index is -0.393. The fourth-order valence-electron chi connectivity index (χ4n) is 4.12. The number of nitrogens with zero attached hydrogens (tertiary/aromatic N) is 2. The predicted octanol–water partition coefficient (Wildman–Crippen LogP) is 2.11. The van der Waals surface area contributed by atoms with Crippen LogP contribution in [0.5, 0.6) is 0 Å². The first-order valence-corrected chi connectivity index (χ1v) is 10.9. The van der Waals surface area contributed by atoms with Gasteiger partial charge in [0.1, 0.15) is 0 Å². The summed E-state index contributed by atoms with van der Waals surface area (Å²) in [5.41, 5.74) is 0. The summed E-state index contributed by atoms with van der Waals surface area (Å²) in [5, 5.41) is 0. The quantitative estimate of drug-likeness (QED) is 0.497. The molecule has 1 aliphatic rings. The molecule has 8 nitrogen and oxygen atoms in total. The molecule has 4 atom stereocenters. The Morgan fingerprint density at radius 2 is 1.17 bits per heavy atom. The van der Waals surface area contributed by atoms with E-state index in [0.29, 0.717) is 32.6 Å². The van der Waals surface area contributed by atoms with E-state index in [1.807, 2.05) is 13.8 Å². The highest BCUT2D eigenvalue weighted by atomic mass is 16.5. The standard InChI is InChI=1S/C22H38N2O6/c1-7-23(13-15(3)21(27)29-5)19(25)17-10-9-11-18(12-17)20(26)24(8-2)14-16(4)22(28)30-6/h15-18H,7-14H2,1-6H3. The van der Waals surface area contributed by atoms with Crippen molar-refractivity contribution in [3.8, 4) is 0 Å². The number of amides is 2. The van der Waals surface area contributed by atoms with E-state index in [2.05, 4.69) is 0 Å². The molecule has 8 heteroatoms. The van der Waals surface area contributed by atoms with Crippen molar-refractivity contribution in [1.82, 2.24) is 9.80 Å². The van der Waals surface area contributed by atoms with Gasteiger partial charge in [-0.2, -0.15) is 0 Å². The molecular weight excluding hydrogens is 388 g/mol.